The Balaban J connectivity index is 2.00. The van der Waals surface area contributed by atoms with Crippen LogP contribution in [0.5, 0.6) is 17.2 Å². The summed E-state index contributed by atoms with van der Waals surface area (Å²) in [5.41, 5.74) is 1.01. The third kappa shape index (κ3) is 5.76. The Hall–Kier alpha value is -3.53. The molecule has 0 saturated heterocycles. The van der Waals surface area contributed by atoms with Crippen molar-refractivity contribution in [1.82, 2.24) is 19.5 Å². The molecule has 1 aromatic heterocycles. The minimum Gasteiger partial charge on any atom is -0.507 e. The van der Waals surface area contributed by atoms with Crippen LogP contribution in [0.3, 0.4) is 0 Å². The number of primary amides is 1. The van der Waals surface area contributed by atoms with E-state index in [0.717, 1.165) is 24.3 Å². The number of nitrogens with zero attached hydrogens (tertiary/aromatic N) is 2. The van der Waals surface area contributed by atoms with Crippen molar-refractivity contribution in [3.63, 3.8) is 0 Å². The summed E-state index contributed by atoms with van der Waals surface area (Å²) in [6.07, 6.45) is -3.27. The normalized spacial score (nSPS) is 11.6. The number of H-pyrrole nitrogens is 1. The molecule has 35 heavy (non-hydrogen) atoms. The van der Waals surface area contributed by atoms with Gasteiger partial charge in [0.15, 0.2) is 11.4 Å². The third-order valence-electron chi connectivity index (χ3n) is 4.16. The maximum absolute atomic E-state index is 13.0. The van der Waals surface area contributed by atoms with Crippen LogP contribution in [0.4, 0.5) is 8.78 Å². The van der Waals surface area contributed by atoms with E-state index >= 15 is 0 Å². The Morgan fingerprint density at radius 2 is 1.86 bits per heavy atom. The highest BCUT2D eigenvalue weighted by Gasteiger charge is 2.22. The van der Waals surface area contributed by atoms with Crippen LogP contribution in [0.15, 0.2) is 44.8 Å². The molecule has 0 atom stereocenters. The molecular formula is C18H13Cl2F2N5O7S. The highest BCUT2D eigenvalue weighted by Crippen LogP contribution is 2.39. The summed E-state index contributed by atoms with van der Waals surface area (Å²) < 4.78 is 58.5. The number of aromatic nitrogens is 3. The lowest BCUT2D eigenvalue weighted by atomic mass is 10.3. The van der Waals surface area contributed by atoms with Crippen LogP contribution in [-0.4, -0.2) is 40.7 Å². The minimum absolute atomic E-state index is 0.168. The number of amides is 1. The molecule has 3 rings (SSSR count). The number of sulfonamides is 1. The molecule has 0 spiro atoms. The number of carbonyl (C=O) groups excluding carboxylic acids is 1. The molecule has 0 aliphatic carbocycles. The van der Waals surface area contributed by atoms with Gasteiger partial charge >= 0.3 is 5.69 Å². The largest absolute Gasteiger partial charge is 0.507 e. The van der Waals surface area contributed by atoms with Crippen molar-refractivity contribution < 1.29 is 31.8 Å². The van der Waals surface area contributed by atoms with E-state index in [-0.39, 0.29) is 27.2 Å². The molecule has 2 aromatic carbocycles. The van der Waals surface area contributed by atoms with Crippen molar-refractivity contribution >= 4 is 39.1 Å². The molecule has 0 aliphatic heterocycles. The zero-order valence-electron chi connectivity index (χ0n) is 17.0. The Labute approximate surface area is 203 Å². The van der Waals surface area contributed by atoms with Crippen LogP contribution >= 0.6 is 23.2 Å². The number of hydrogen-bond acceptors (Lipinski definition) is 8. The zero-order chi connectivity index (χ0) is 26.1. The number of nitrogens with two attached hydrogens (primary N) is 1. The molecular weight excluding hydrogens is 539 g/mol. The zero-order valence-corrected chi connectivity index (χ0v) is 19.3. The molecule has 0 saturated carbocycles. The number of phenolic OH excluding ortho intramolecular Hbond substituents is 1. The molecule has 5 N–H and O–H groups in total. The van der Waals surface area contributed by atoms with Crippen molar-refractivity contribution in [2.45, 2.75) is 11.3 Å². The number of hydrogen-bond donors (Lipinski definition) is 4. The van der Waals surface area contributed by atoms with Crippen molar-refractivity contribution in [2.24, 2.45) is 5.73 Å². The Morgan fingerprint density at radius 1 is 1.23 bits per heavy atom. The molecule has 0 bridgehead atoms. The SMILES string of the molecule is NC(=O)CNS(=O)(=O)c1cc(Oc2c(Cl)cc(-n3nc(C(F)F)c(=O)[nH]c3=O)cc2Cl)ccc1O. The topological polar surface area (TPSA) is 186 Å². The van der Waals surface area contributed by atoms with Gasteiger partial charge < -0.3 is 15.6 Å². The van der Waals surface area contributed by atoms with Crippen LogP contribution in [0.1, 0.15) is 12.1 Å². The van der Waals surface area contributed by atoms with Crippen LogP contribution in [0.2, 0.25) is 10.0 Å². The summed E-state index contributed by atoms with van der Waals surface area (Å²) in [6.45, 7) is -0.725. The summed E-state index contributed by atoms with van der Waals surface area (Å²) in [5.74, 6) is -2.03. The number of aromatic hydroxyl groups is 1. The quantitative estimate of drug-likeness (QED) is 0.323. The van der Waals surface area contributed by atoms with Crippen molar-refractivity contribution in [1.29, 1.82) is 0 Å². The van der Waals surface area contributed by atoms with Crippen LogP contribution in [-0.2, 0) is 14.8 Å². The summed E-state index contributed by atoms with van der Waals surface area (Å²) in [4.78, 5) is 35.4. The Morgan fingerprint density at radius 3 is 2.43 bits per heavy atom. The van der Waals surface area contributed by atoms with Gasteiger partial charge in [0.2, 0.25) is 15.9 Å². The van der Waals surface area contributed by atoms with E-state index in [1.807, 2.05) is 4.72 Å². The molecule has 0 unspecified atom stereocenters. The number of phenols is 1. The number of rotatable bonds is 8. The van der Waals surface area contributed by atoms with Gasteiger partial charge in [-0.1, -0.05) is 23.2 Å². The second-order valence-corrected chi connectivity index (χ2v) is 9.17. The summed E-state index contributed by atoms with van der Waals surface area (Å²) in [7, 11) is -4.37. The lowest BCUT2D eigenvalue weighted by molar-refractivity contribution is -0.116. The van der Waals surface area contributed by atoms with E-state index in [0.29, 0.717) is 4.68 Å². The lowest BCUT2D eigenvalue weighted by Gasteiger charge is -2.14. The molecule has 3 aromatic rings. The first-order chi connectivity index (χ1) is 16.3. The van der Waals surface area contributed by atoms with Gasteiger partial charge in [0.05, 0.1) is 22.3 Å². The van der Waals surface area contributed by atoms with Crippen molar-refractivity contribution in [3.8, 4) is 22.9 Å². The number of nitrogens with one attached hydrogen (secondary N) is 2. The Kier molecular flexibility index (Phi) is 7.44. The van der Waals surface area contributed by atoms with Gasteiger partial charge in [0.1, 0.15) is 16.4 Å². The number of carbonyl (C=O) groups is 1. The number of alkyl halides is 2. The molecule has 1 heterocycles. The van der Waals surface area contributed by atoms with Crippen LogP contribution < -0.4 is 26.4 Å². The van der Waals surface area contributed by atoms with E-state index in [1.54, 1.807) is 4.98 Å². The molecule has 1 amide bonds. The second-order valence-electron chi connectivity index (χ2n) is 6.62. The fourth-order valence-electron chi connectivity index (χ4n) is 2.63. The average Bonchev–Trinajstić information content (AvgIpc) is 2.75. The maximum Gasteiger partial charge on any atom is 0.349 e. The summed E-state index contributed by atoms with van der Waals surface area (Å²) >= 11 is 12.3. The summed E-state index contributed by atoms with van der Waals surface area (Å²) in [5, 5.41) is 12.7. The molecule has 17 heteroatoms. The second kappa shape index (κ2) is 9.99. The molecule has 12 nitrogen and oxygen atoms in total. The fourth-order valence-corrected chi connectivity index (χ4v) is 4.29. The first-order valence-corrected chi connectivity index (χ1v) is 11.3. The number of aromatic amines is 1. The van der Waals surface area contributed by atoms with Gasteiger partial charge in [-0.2, -0.15) is 9.78 Å². The van der Waals surface area contributed by atoms with Gasteiger partial charge in [-0.05, 0) is 24.3 Å². The number of benzene rings is 2. The average molecular weight is 552 g/mol. The first-order valence-electron chi connectivity index (χ1n) is 9.10. The van der Waals surface area contributed by atoms with E-state index < -0.39 is 56.5 Å². The van der Waals surface area contributed by atoms with Gasteiger partial charge in [0, 0.05) is 6.07 Å². The maximum atomic E-state index is 13.0. The van der Waals surface area contributed by atoms with E-state index in [2.05, 4.69) is 5.10 Å². The van der Waals surface area contributed by atoms with Gasteiger partial charge in [-0.25, -0.2) is 26.7 Å². The van der Waals surface area contributed by atoms with E-state index in [9.17, 15) is 36.7 Å². The smallest absolute Gasteiger partial charge is 0.349 e. The van der Waals surface area contributed by atoms with Gasteiger partial charge in [-0.15, -0.1) is 0 Å². The molecule has 186 valence electrons. The Bertz CT molecular complexity index is 1520. The third-order valence-corrected chi connectivity index (χ3v) is 6.16. The highest BCUT2D eigenvalue weighted by molar-refractivity contribution is 7.89. The summed E-state index contributed by atoms with van der Waals surface area (Å²) in [6, 6.07) is 5.20. The first kappa shape index (κ1) is 26.1. The van der Waals surface area contributed by atoms with E-state index in [4.69, 9.17) is 33.7 Å². The molecule has 0 fully saturated rings. The van der Waals surface area contributed by atoms with Crippen molar-refractivity contribution in [3.05, 3.63) is 66.9 Å². The minimum atomic E-state index is -4.37. The fraction of sp³-hybridized carbons (Fsp3) is 0.111. The monoisotopic (exact) mass is 551 g/mol. The predicted molar refractivity (Wildman–Crippen MR) is 118 cm³/mol. The van der Waals surface area contributed by atoms with Crippen molar-refractivity contribution in [2.75, 3.05) is 6.54 Å². The van der Waals surface area contributed by atoms with E-state index in [1.165, 1.54) is 6.07 Å². The number of halogens is 4. The molecule has 0 aliphatic rings. The molecule has 0 radical (unpaired) electrons. The number of ether oxygens (including phenoxy) is 1. The van der Waals surface area contributed by atoms with Gasteiger partial charge in [0.25, 0.3) is 12.0 Å². The van der Waals surface area contributed by atoms with Gasteiger partial charge in [-0.3, -0.25) is 14.6 Å². The standard InChI is InChI=1S/C18H13Cl2F2N5O7S/c19-9-3-7(27-18(31)25-17(30)14(26-27)16(21)22)4-10(20)15(9)34-8-1-2-11(28)12(5-8)35(32,33)24-6-13(23)29/h1-5,16,24,28H,6H2,(H2,23,29)(H,25,30,31). The van der Waals surface area contributed by atoms with Crippen LogP contribution in [0.25, 0.3) is 5.69 Å². The predicted octanol–water partition coefficient (Wildman–Crippen LogP) is 1.43. The van der Waals surface area contributed by atoms with Crippen LogP contribution in [0, 0.1) is 0 Å². The highest BCUT2D eigenvalue weighted by atomic mass is 35.5. The lowest BCUT2D eigenvalue weighted by Crippen LogP contribution is -2.34.